The average molecular weight is 370 g/mol. The molecule has 2 aromatic rings. The molecule has 3 heterocycles. The van der Waals surface area contributed by atoms with Crippen molar-refractivity contribution in [1.29, 1.82) is 0 Å². The number of aromatic nitrogens is 4. The van der Waals surface area contributed by atoms with Crippen molar-refractivity contribution in [2.45, 2.75) is 45.4 Å². The van der Waals surface area contributed by atoms with Crippen molar-refractivity contribution >= 4 is 23.1 Å². The predicted molar refractivity (Wildman–Crippen MR) is 87.8 cm³/mol. The molecule has 0 radical (unpaired) electrons. The molecule has 11 heteroatoms. The number of anilines is 1. The molecule has 1 aliphatic rings. The van der Waals surface area contributed by atoms with Crippen LogP contribution in [0, 0.1) is 5.41 Å². The number of nitrogens with one attached hydrogen (secondary N) is 1. The molecule has 26 heavy (non-hydrogen) atoms. The van der Waals surface area contributed by atoms with E-state index in [-0.39, 0.29) is 24.0 Å². The van der Waals surface area contributed by atoms with Crippen molar-refractivity contribution < 1.29 is 25.1 Å². The largest absolute Gasteiger partial charge is 0.456 e. The molecule has 0 aromatic carbocycles. The Labute approximate surface area is 148 Å². The van der Waals surface area contributed by atoms with Gasteiger partial charge < -0.3 is 20.3 Å². The summed E-state index contributed by atoms with van der Waals surface area (Å²) >= 11 is 0. The van der Waals surface area contributed by atoms with Crippen LogP contribution in [0.2, 0.25) is 0 Å². The van der Waals surface area contributed by atoms with Gasteiger partial charge in [0.2, 0.25) is 5.95 Å². The lowest BCUT2D eigenvalue weighted by molar-refractivity contribution is -0.164. The maximum absolute atomic E-state index is 15.1. The number of hydrogen-bond donors (Lipinski definition) is 3. The third-order valence-electron chi connectivity index (χ3n) is 3.97. The minimum atomic E-state index is -1.87. The Hall–Kier alpha value is -2.53. The van der Waals surface area contributed by atoms with Gasteiger partial charge in [0.05, 0.1) is 18.3 Å². The number of hydrogen-bond acceptors (Lipinski definition) is 8. The lowest BCUT2D eigenvalue weighted by Gasteiger charge is -2.23. The van der Waals surface area contributed by atoms with Gasteiger partial charge in [-0.15, -0.1) is 0 Å². The van der Waals surface area contributed by atoms with Crippen LogP contribution in [-0.2, 0) is 14.3 Å². The normalized spacial score (nSPS) is 26.8. The van der Waals surface area contributed by atoms with E-state index in [0.717, 1.165) is 10.9 Å². The standard InChI is InChI=1S/C15H20FN5O5/c1-15(2,3)13(24)26-9-6(4-22)25-12(7(9)16)21-5-18-8-10(21)19-14(17)20-11(8)23/h5-7,9,12,22H,4H2,1-3H3,(H3,17,19,20,23)/t6-,7-,9-,12?/m1/s1/i1D. The van der Waals surface area contributed by atoms with Crippen molar-refractivity contribution in [2.24, 2.45) is 5.41 Å². The molecule has 3 rings (SSSR count). The number of nitrogen functional groups attached to an aromatic ring is 1. The van der Waals surface area contributed by atoms with Crippen LogP contribution in [0.25, 0.3) is 11.2 Å². The fourth-order valence-electron chi connectivity index (χ4n) is 2.62. The molecule has 10 nitrogen and oxygen atoms in total. The van der Waals surface area contributed by atoms with Gasteiger partial charge >= 0.3 is 5.97 Å². The summed E-state index contributed by atoms with van der Waals surface area (Å²) in [5, 5.41) is 9.51. The summed E-state index contributed by atoms with van der Waals surface area (Å²) < 4.78 is 34.3. The number of ether oxygens (including phenoxy) is 2. The smallest absolute Gasteiger partial charge is 0.311 e. The van der Waals surface area contributed by atoms with Crippen LogP contribution in [0.3, 0.4) is 0 Å². The first-order valence-electron chi connectivity index (χ1n) is 8.53. The minimum absolute atomic E-state index is 0.000876. The van der Waals surface area contributed by atoms with E-state index in [1.54, 1.807) is 0 Å². The second-order valence-corrected chi connectivity index (χ2v) is 6.72. The number of nitrogens with two attached hydrogens (primary N) is 1. The number of imidazole rings is 1. The maximum atomic E-state index is 15.1. The highest BCUT2D eigenvalue weighted by Gasteiger charge is 2.49. The number of aliphatic hydroxyl groups excluding tert-OH is 1. The SMILES string of the molecule is [2H]CC(C)(C)C(=O)O[C@@H]1[C@@H](CO)OC(n2cnc3c(=O)[nH]c(N)nc32)[C@@H]1F. The first-order valence-corrected chi connectivity index (χ1v) is 7.82. The van der Waals surface area contributed by atoms with Crippen molar-refractivity contribution in [3.63, 3.8) is 0 Å². The Balaban J connectivity index is 1.93. The number of carbonyl (C=O) groups is 1. The monoisotopic (exact) mass is 370 g/mol. The van der Waals surface area contributed by atoms with E-state index in [1.807, 2.05) is 0 Å². The highest BCUT2D eigenvalue weighted by molar-refractivity contribution is 5.75. The zero-order valence-electron chi connectivity index (χ0n) is 15.2. The Morgan fingerprint density at radius 1 is 1.65 bits per heavy atom. The van der Waals surface area contributed by atoms with Gasteiger partial charge in [0.15, 0.2) is 29.7 Å². The molecular formula is C15H20FN5O5. The van der Waals surface area contributed by atoms with Crippen molar-refractivity contribution in [1.82, 2.24) is 19.5 Å². The fourth-order valence-corrected chi connectivity index (χ4v) is 2.62. The van der Waals surface area contributed by atoms with Crippen molar-refractivity contribution in [3.05, 3.63) is 16.7 Å². The number of esters is 1. The van der Waals surface area contributed by atoms with E-state index in [9.17, 15) is 14.7 Å². The van der Waals surface area contributed by atoms with E-state index >= 15 is 4.39 Å². The topological polar surface area (TPSA) is 145 Å². The number of fused-ring (bicyclic) bond motifs is 1. The Morgan fingerprint density at radius 2 is 2.38 bits per heavy atom. The van der Waals surface area contributed by atoms with Crippen LogP contribution < -0.4 is 11.3 Å². The van der Waals surface area contributed by atoms with Crippen LogP contribution in [0.1, 0.15) is 28.3 Å². The number of nitrogens with zero attached hydrogens (tertiary/aromatic N) is 3. The van der Waals surface area contributed by atoms with Gasteiger partial charge in [-0.3, -0.25) is 19.1 Å². The quantitative estimate of drug-likeness (QED) is 0.634. The molecule has 1 saturated heterocycles. The van der Waals surface area contributed by atoms with Crippen LogP contribution in [-0.4, -0.2) is 55.6 Å². The highest BCUT2D eigenvalue weighted by Crippen LogP contribution is 2.36. The predicted octanol–water partition coefficient (Wildman–Crippen LogP) is -0.112. The van der Waals surface area contributed by atoms with E-state index in [4.69, 9.17) is 16.6 Å². The van der Waals surface area contributed by atoms with Crippen LogP contribution in [0.4, 0.5) is 10.3 Å². The Morgan fingerprint density at radius 3 is 3.04 bits per heavy atom. The van der Waals surface area contributed by atoms with Crippen molar-refractivity contribution in [2.75, 3.05) is 12.3 Å². The van der Waals surface area contributed by atoms with Gasteiger partial charge in [-0.1, -0.05) is 0 Å². The molecule has 1 unspecified atom stereocenters. The molecule has 0 saturated carbocycles. The fraction of sp³-hybridized carbons (Fsp3) is 0.600. The summed E-state index contributed by atoms with van der Waals surface area (Å²) in [5.41, 5.74) is 3.74. The van der Waals surface area contributed by atoms with Crippen LogP contribution in [0.15, 0.2) is 11.1 Å². The van der Waals surface area contributed by atoms with Gasteiger partial charge in [0, 0.05) is 1.37 Å². The minimum Gasteiger partial charge on any atom is -0.456 e. The summed E-state index contributed by atoms with van der Waals surface area (Å²) in [4.78, 5) is 34.2. The summed E-state index contributed by atoms with van der Waals surface area (Å²) in [6, 6.07) is 0. The van der Waals surface area contributed by atoms with E-state index < -0.39 is 48.2 Å². The molecule has 142 valence electrons. The summed E-state index contributed by atoms with van der Waals surface area (Å²) in [5.74, 6) is -0.955. The third kappa shape index (κ3) is 3.03. The second kappa shape index (κ2) is 6.32. The van der Waals surface area contributed by atoms with Crippen LogP contribution >= 0.6 is 0 Å². The van der Waals surface area contributed by atoms with Gasteiger partial charge in [-0.25, -0.2) is 9.37 Å². The van der Waals surface area contributed by atoms with Crippen LogP contribution in [0.5, 0.6) is 0 Å². The van der Waals surface area contributed by atoms with E-state index in [0.29, 0.717) is 0 Å². The van der Waals surface area contributed by atoms with Gasteiger partial charge in [0.1, 0.15) is 6.10 Å². The summed E-state index contributed by atoms with van der Waals surface area (Å²) in [6.07, 6.45) is -4.57. The number of H-pyrrole nitrogens is 1. The van der Waals surface area contributed by atoms with Gasteiger partial charge in [0.25, 0.3) is 5.56 Å². The molecule has 4 N–H and O–H groups in total. The van der Waals surface area contributed by atoms with E-state index in [2.05, 4.69) is 15.0 Å². The number of aliphatic hydroxyl groups is 1. The number of aromatic amines is 1. The zero-order valence-corrected chi connectivity index (χ0v) is 14.2. The highest BCUT2D eigenvalue weighted by atomic mass is 19.1. The first kappa shape index (κ1) is 16.9. The molecular weight excluding hydrogens is 349 g/mol. The first-order chi connectivity index (χ1) is 12.7. The summed E-state index contributed by atoms with van der Waals surface area (Å²) in [6.45, 7) is 2.15. The molecule has 1 aliphatic heterocycles. The zero-order chi connectivity index (χ0) is 19.9. The van der Waals surface area contributed by atoms with E-state index in [1.165, 1.54) is 13.8 Å². The second-order valence-electron chi connectivity index (χ2n) is 6.72. The molecule has 1 fully saturated rings. The molecule has 0 bridgehead atoms. The van der Waals surface area contributed by atoms with Gasteiger partial charge in [-0.2, -0.15) is 4.98 Å². The lowest BCUT2D eigenvalue weighted by Crippen LogP contribution is -2.39. The molecule has 0 aliphatic carbocycles. The number of alkyl halides is 1. The van der Waals surface area contributed by atoms with Gasteiger partial charge in [-0.05, 0) is 20.7 Å². The number of halogens is 1. The van der Waals surface area contributed by atoms with Crippen molar-refractivity contribution in [3.8, 4) is 0 Å². The maximum Gasteiger partial charge on any atom is 0.311 e. The third-order valence-corrected chi connectivity index (χ3v) is 3.97. The lowest BCUT2D eigenvalue weighted by atomic mass is 9.97. The Bertz CT molecular complexity index is 916. The average Bonchev–Trinajstić information content (AvgIpc) is 3.16. The molecule has 0 spiro atoms. The Kier molecular flexibility index (Phi) is 4.11. The number of rotatable bonds is 3. The summed E-state index contributed by atoms with van der Waals surface area (Å²) in [7, 11) is 0. The molecule has 4 atom stereocenters. The molecule has 2 aromatic heterocycles. The molecule has 0 amide bonds. The number of carbonyl (C=O) groups excluding carboxylic acids is 1.